The molecule has 0 bridgehead atoms. The molecule has 192 valence electrons. The van der Waals surface area contributed by atoms with E-state index in [4.69, 9.17) is 11.6 Å². The molecule has 37 heavy (non-hydrogen) atoms. The summed E-state index contributed by atoms with van der Waals surface area (Å²) in [5.74, 6) is -3.71. The van der Waals surface area contributed by atoms with E-state index in [1.807, 2.05) is 12.1 Å². The van der Waals surface area contributed by atoms with E-state index in [-0.39, 0.29) is 47.5 Å². The number of rotatable bonds is 2. The third-order valence-electron chi connectivity index (χ3n) is 8.69. The van der Waals surface area contributed by atoms with E-state index >= 15 is 0 Å². The van der Waals surface area contributed by atoms with Crippen molar-refractivity contribution < 1.29 is 30.0 Å². The van der Waals surface area contributed by atoms with Crippen LogP contribution in [0.3, 0.4) is 0 Å². The van der Waals surface area contributed by atoms with Crippen molar-refractivity contribution in [3.8, 4) is 5.75 Å². The molecule has 0 amide bonds. The Hall–Kier alpha value is -3.13. The summed E-state index contributed by atoms with van der Waals surface area (Å²) in [6, 6.07) is 9.85. The highest BCUT2D eigenvalue weighted by molar-refractivity contribution is 6.32. The molecule has 1 unspecified atom stereocenters. The van der Waals surface area contributed by atoms with Gasteiger partial charge in [0.05, 0.1) is 5.56 Å². The number of fused-ring (bicyclic) bond motifs is 4. The van der Waals surface area contributed by atoms with Gasteiger partial charge in [-0.15, -0.1) is 0 Å². The fraction of sp³-hybridized carbons (Fsp3) is 0.379. The van der Waals surface area contributed by atoms with E-state index in [1.54, 1.807) is 0 Å². The lowest BCUT2D eigenvalue weighted by Gasteiger charge is -2.46. The van der Waals surface area contributed by atoms with Gasteiger partial charge >= 0.3 is 0 Å². The number of allylic oxidation sites excluding steroid dienone is 1. The number of aromatic hydroxyl groups is 1. The fourth-order valence-corrected chi connectivity index (χ4v) is 6.95. The first-order chi connectivity index (χ1) is 17.6. The van der Waals surface area contributed by atoms with Gasteiger partial charge in [0.15, 0.2) is 11.4 Å². The zero-order valence-electron chi connectivity index (χ0n) is 20.4. The number of halogens is 1. The lowest BCUT2D eigenvalue weighted by Crippen LogP contribution is -2.57. The van der Waals surface area contributed by atoms with E-state index in [1.165, 1.54) is 24.1 Å². The van der Waals surface area contributed by atoms with Gasteiger partial charge in [0.2, 0.25) is 5.78 Å². The van der Waals surface area contributed by atoms with Gasteiger partial charge in [-0.05, 0) is 60.4 Å². The van der Waals surface area contributed by atoms with Crippen molar-refractivity contribution >= 4 is 28.9 Å². The summed E-state index contributed by atoms with van der Waals surface area (Å²) >= 11 is 6.87. The van der Waals surface area contributed by atoms with Crippen molar-refractivity contribution in [2.75, 3.05) is 6.54 Å². The smallest absolute Gasteiger partial charge is 0.202 e. The standard InChI is InChI=1S/C29H28ClNO6/c1-14-21(32)11-19-8-17-9-20-24(26(34)23(17)28(36)29(19,37)27(14)35)22(33)10-18(25(20)30)13-31-7-6-15-4-2-3-5-16(15)12-31/h2-5,10,17,19,33-35,37H,6-9,11-13H2,1H3/t17?,19-,29+/m0/s1. The third kappa shape index (κ3) is 3.48. The molecule has 1 heterocycles. The van der Waals surface area contributed by atoms with Gasteiger partial charge in [-0.3, -0.25) is 14.5 Å². The molecule has 3 atom stereocenters. The Balaban J connectivity index is 1.38. The predicted octanol–water partition coefficient (Wildman–Crippen LogP) is 4.17. The SMILES string of the molecule is CC1=C(O)[C@@]2(O)C(=O)C3=C(O)c4c(O)cc(CN5CCc6ccccc6C5)c(Cl)c4CC3C[C@H]2CC1=O. The highest BCUT2D eigenvalue weighted by Crippen LogP contribution is 2.53. The summed E-state index contributed by atoms with van der Waals surface area (Å²) in [7, 11) is 0. The second-order valence-corrected chi connectivity index (χ2v) is 11.1. The third-order valence-corrected chi connectivity index (χ3v) is 9.16. The Morgan fingerprint density at radius 3 is 2.59 bits per heavy atom. The quantitative estimate of drug-likeness (QED) is 0.468. The Kier molecular flexibility index (Phi) is 5.53. The van der Waals surface area contributed by atoms with Crippen LogP contribution in [0, 0.1) is 11.8 Å². The number of benzene rings is 2. The number of Topliss-reactive ketones (excluding diaryl/α,β-unsaturated/α-hetero) is 2. The van der Waals surface area contributed by atoms with Gasteiger partial charge in [-0.2, -0.15) is 0 Å². The van der Waals surface area contributed by atoms with Crippen LogP contribution in [0.2, 0.25) is 5.02 Å². The van der Waals surface area contributed by atoms with Crippen molar-refractivity contribution in [1.82, 2.24) is 4.90 Å². The average molecular weight is 522 g/mol. The van der Waals surface area contributed by atoms with Crippen LogP contribution in [-0.2, 0) is 35.5 Å². The maximum atomic E-state index is 13.5. The summed E-state index contributed by atoms with van der Waals surface area (Å²) in [6.45, 7) is 3.51. The largest absolute Gasteiger partial charge is 0.508 e. The Morgan fingerprint density at radius 1 is 1.11 bits per heavy atom. The number of carbonyl (C=O) groups is 2. The number of hydrogen-bond donors (Lipinski definition) is 4. The van der Waals surface area contributed by atoms with Gasteiger partial charge in [0, 0.05) is 48.1 Å². The fourth-order valence-electron chi connectivity index (χ4n) is 6.66. The topological polar surface area (TPSA) is 118 Å². The number of nitrogens with zero attached hydrogens (tertiary/aromatic N) is 1. The average Bonchev–Trinajstić information content (AvgIpc) is 2.87. The molecule has 6 rings (SSSR count). The van der Waals surface area contributed by atoms with E-state index in [9.17, 15) is 30.0 Å². The maximum Gasteiger partial charge on any atom is 0.202 e. The molecule has 7 nitrogen and oxygen atoms in total. The van der Waals surface area contributed by atoms with Crippen molar-refractivity contribution in [2.45, 2.75) is 51.3 Å². The molecule has 2 aromatic rings. The maximum absolute atomic E-state index is 13.5. The minimum atomic E-state index is -2.26. The molecule has 4 aliphatic rings. The first-order valence-corrected chi connectivity index (χ1v) is 13.0. The number of ketones is 2. The normalized spacial score (nSPS) is 27.5. The molecule has 0 radical (unpaired) electrons. The molecule has 0 saturated heterocycles. The van der Waals surface area contributed by atoms with Crippen molar-refractivity contribution in [2.24, 2.45) is 11.8 Å². The summed E-state index contributed by atoms with van der Waals surface area (Å²) in [6.07, 6.45) is 1.35. The molecule has 1 saturated carbocycles. The second-order valence-electron chi connectivity index (χ2n) is 10.7. The molecule has 1 aliphatic heterocycles. The van der Waals surface area contributed by atoms with Crippen LogP contribution in [0.4, 0.5) is 0 Å². The van der Waals surface area contributed by atoms with Crippen LogP contribution in [0.5, 0.6) is 5.75 Å². The Labute approximate surface area is 219 Å². The van der Waals surface area contributed by atoms with Crippen LogP contribution in [0.15, 0.2) is 47.2 Å². The van der Waals surface area contributed by atoms with Crippen LogP contribution in [0.1, 0.15) is 47.6 Å². The van der Waals surface area contributed by atoms with Crippen LogP contribution < -0.4 is 0 Å². The molecule has 1 fully saturated rings. The number of aliphatic hydroxyl groups excluding tert-OH is 2. The van der Waals surface area contributed by atoms with Gasteiger partial charge in [0.25, 0.3) is 0 Å². The lowest BCUT2D eigenvalue weighted by atomic mass is 9.59. The van der Waals surface area contributed by atoms with Gasteiger partial charge < -0.3 is 20.4 Å². The molecular formula is C29H28ClNO6. The summed E-state index contributed by atoms with van der Waals surface area (Å²) in [4.78, 5) is 28.2. The van der Waals surface area contributed by atoms with E-state index in [0.717, 1.165) is 25.1 Å². The molecule has 0 aromatic heterocycles. The molecule has 0 spiro atoms. The number of hydrogen-bond acceptors (Lipinski definition) is 7. The van der Waals surface area contributed by atoms with Crippen molar-refractivity contribution in [3.63, 3.8) is 0 Å². The molecule has 8 heteroatoms. The van der Waals surface area contributed by atoms with Gasteiger partial charge in [0.1, 0.15) is 17.3 Å². The van der Waals surface area contributed by atoms with E-state index in [0.29, 0.717) is 17.1 Å². The highest BCUT2D eigenvalue weighted by atomic mass is 35.5. The zero-order chi connectivity index (χ0) is 26.2. The number of carbonyl (C=O) groups excluding carboxylic acids is 2. The molecule has 3 aliphatic carbocycles. The van der Waals surface area contributed by atoms with Crippen LogP contribution in [-0.4, -0.2) is 49.0 Å². The lowest BCUT2D eigenvalue weighted by molar-refractivity contribution is -0.147. The molecule has 2 aromatic carbocycles. The van der Waals surface area contributed by atoms with Crippen molar-refractivity contribution in [1.29, 1.82) is 0 Å². The predicted molar refractivity (Wildman–Crippen MR) is 137 cm³/mol. The molecule has 4 N–H and O–H groups in total. The minimum Gasteiger partial charge on any atom is -0.508 e. The number of aliphatic hydroxyl groups is 3. The number of phenolic OH excluding ortho intramolecular Hbond substituents is 1. The molecular weight excluding hydrogens is 494 g/mol. The Morgan fingerprint density at radius 2 is 1.84 bits per heavy atom. The summed E-state index contributed by atoms with van der Waals surface area (Å²) in [5, 5.41) is 44.5. The second kappa shape index (κ2) is 8.45. The van der Waals surface area contributed by atoms with Crippen molar-refractivity contribution in [3.05, 3.63) is 80.1 Å². The summed E-state index contributed by atoms with van der Waals surface area (Å²) in [5.41, 5.74) is 1.63. The minimum absolute atomic E-state index is 0.0355. The van der Waals surface area contributed by atoms with Gasteiger partial charge in [-0.25, -0.2) is 0 Å². The van der Waals surface area contributed by atoms with Gasteiger partial charge in [-0.1, -0.05) is 35.9 Å². The van der Waals surface area contributed by atoms with Crippen LogP contribution >= 0.6 is 11.6 Å². The van der Waals surface area contributed by atoms with Crippen LogP contribution in [0.25, 0.3) is 5.76 Å². The number of phenols is 1. The monoisotopic (exact) mass is 521 g/mol. The summed E-state index contributed by atoms with van der Waals surface area (Å²) < 4.78 is 0. The van der Waals surface area contributed by atoms with E-state index in [2.05, 4.69) is 17.0 Å². The first kappa shape index (κ1) is 24.2. The Bertz CT molecular complexity index is 1440. The first-order valence-electron chi connectivity index (χ1n) is 12.6. The van der Waals surface area contributed by atoms with E-state index < -0.39 is 34.7 Å². The highest BCUT2D eigenvalue weighted by Gasteiger charge is 2.59. The zero-order valence-corrected chi connectivity index (χ0v) is 21.2.